The number of halogens is 5. The molecule has 5 heterocycles. The Labute approximate surface area is 330 Å². The fourth-order valence-electron chi connectivity index (χ4n) is 3.58. The van der Waals surface area contributed by atoms with Crippen molar-refractivity contribution in [3.8, 4) is 5.88 Å². The Morgan fingerprint density at radius 3 is 1.88 bits per heavy atom. The molecular formula is C28H26Br3Cl2N13O5S. The first-order valence-electron chi connectivity index (χ1n) is 13.5. The normalized spacial score (nSPS) is 10.2. The lowest BCUT2D eigenvalue weighted by Crippen LogP contribution is -2.15. The summed E-state index contributed by atoms with van der Waals surface area (Å²) in [4.78, 5) is 47.8. The molecule has 6 rings (SSSR count). The van der Waals surface area contributed by atoms with Crippen molar-refractivity contribution in [1.82, 2.24) is 34.9 Å². The van der Waals surface area contributed by atoms with Gasteiger partial charge < -0.3 is 32.9 Å². The number of H-pyrrole nitrogens is 1. The molecule has 0 aliphatic rings. The van der Waals surface area contributed by atoms with Crippen LogP contribution in [0.5, 0.6) is 5.88 Å². The second kappa shape index (κ2) is 19.2. The molecule has 0 fully saturated rings. The van der Waals surface area contributed by atoms with E-state index in [-0.39, 0.29) is 68.3 Å². The number of hydrogen-bond acceptors (Lipinski definition) is 15. The van der Waals surface area contributed by atoms with E-state index in [1.165, 1.54) is 30.7 Å². The van der Waals surface area contributed by atoms with Gasteiger partial charge in [-0.2, -0.15) is 13.4 Å². The first-order chi connectivity index (χ1) is 23.9. The van der Waals surface area contributed by atoms with E-state index in [1.54, 1.807) is 30.3 Å². The number of aromatic amines is 1. The highest BCUT2D eigenvalue weighted by molar-refractivity contribution is 9.11. The lowest BCUT2D eigenvalue weighted by molar-refractivity contribution is 0.0996. The Morgan fingerprint density at radius 2 is 1.35 bits per heavy atom. The molecule has 24 heteroatoms. The average Bonchev–Trinajstić information content (AvgIpc) is 3.00. The number of rotatable bonds is 4. The minimum atomic E-state index is -4.05. The van der Waals surface area contributed by atoms with Crippen LogP contribution in [0.2, 0.25) is 0 Å². The van der Waals surface area contributed by atoms with Gasteiger partial charge in [0.25, 0.3) is 17.3 Å². The van der Waals surface area contributed by atoms with Crippen molar-refractivity contribution in [1.29, 1.82) is 5.41 Å². The third kappa shape index (κ3) is 12.8. The van der Waals surface area contributed by atoms with E-state index in [0.29, 0.717) is 15.5 Å². The van der Waals surface area contributed by atoms with Crippen LogP contribution >= 0.6 is 71.8 Å². The molecule has 0 saturated carbocycles. The van der Waals surface area contributed by atoms with E-state index < -0.39 is 16.0 Å². The van der Waals surface area contributed by atoms with E-state index in [0.717, 1.165) is 14.5 Å². The van der Waals surface area contributed by atoms with Crippen LogP contribution < -0.4 is 38.4 Å². The minimum Gasteiger partial charge on any atom is -0.397 e. The number of nitrogens with one attached hydrogen (secondary N) is 2. The zero-order valence-electron chi connectivity index (χ0n) is 26.2. The van der Waals surface area contributed by atoms with Crippen LogP contribution in [0.15, 0.2) is 84.2 Å². The van der Waals surface area contributed by atoms with Gasteiger partial charge in [-0.1, -0.05) is 17.7 Å². The fourth-order valence-corrected chi connectivity index (χ4v) is 5.46. The van der Waals surface area contributed by atoms with E-state index >= 15 is 0 Å². The Morgan fingerprint density at radius 1 is 0.846 bits per heavy atom. The van der Waals surface area contributed by atoms with Crippen molar-refractivity contribution in [3.63, 3.8) is 0 Å². The second-order valence-electron chi connectivity index (χ2n) is 9.53. The highest BCUT2D eigenvalue weighted by Crippen LogP contribution is 2.26. The SMILES string of the molecule is Cc1ccc(S(=O)(=O)Oc2nc(N)nc3cc(Br)cnc23)cc1.Cl.N=C(N)Cl.NC(=O)c1ncc(Br)cc1N.Nc1nc2cc(Br)cnc2c(=O)[nH]1. The number of pyridine rings is 3. The lowest BCUT2D eigenvalue weighted by Gasteiger charge is -2.09. The van der Waals surface area contributed by atoms with E-state index in [4.69, 9.17) is 32.5 Å². The number of primary amides is 1. The van der Waals surface area contributed by atoms with Gasteiger partial charge in [-0.05, 0) is 96.6 Å². The van der Waals surface area contributed by atoms with Crippen molar-refractivity contribution >= 4 is 133 Å². The van der Waals surface area contributed by atoms with Crippen LogP contribution in [0.3, 0.4) is 0 Å². The number of carbonyl (C=O) groups excluding carboxylic acids is 1. The number of benzene rings is 1. The predicted octanol–water partition coefficient (Wildman–Crippen LogP) is 4.17. The molecule has 0 atom stereocenters. The molecule has 0 saturated heterocycles. The summed E-state index contributed by atoms with van der Waals surface area (Å²) in [6.07, 6.45) is 4.50. The molecule has 5 aromatic heterocycles. The number of carbonyl (C=O) groups is 1. The average molecular weight is 967 g/mol. The Hall–Kier alpha value is -4.74. The summed E-state index contributed by atoms with van der Waals surface area (Å²) in [7, 11) is -4.05. The molecule has 18 nitrogen and oxygen atoms in total. The Bertz CT molecular complexity index is 2390. The first kappa shape index (κ1) is 43.4. The van der Waals surface area contributed by atoms with Gasteiger partial charge in [-0.15, -0.1) is 12.4 Å². The molecule has 0 bridgehead atoms. The maximum Gasteiger partial charge on any atom is 0.340 e. The highest BCUT2D eigenvalue weighted by Gasteiger charge is 2.21. The number of fused-ring (bicyclic) bond motifs is 2. The third-order valence-corrected chi connectivity index (χ3v) is 8.16. The van der Waals surface area contributed by atoms with Gasteiger partial charge in [0.05, 0.1) is 16.7 Å². The molecule has 0 aliphatic heterocycles. The summed E-state index contributed by atoms with van der Waals surface area (Å²) in [5, 5.41) is 5.68. The lowest BCUT2D eigenvalue weighted by atomic mass is 10.2. The smallest absolute Gasteiger partial charge is 0.340 e. The number of hydrogen-bond donors (Lipinski definition) is 7. The number of nitrogens with two attached hydrogens (primary N) is 5. The summed E-state index contributed by atoms with van der Waals surface area (Å²) in [6.45, 7) is 1.86. The van der Waals surface area contributed by atoms with Gasteiger partial charge >= 0.3 is 10.1 Å². The fraction of sp³-hybridized carbons (Fsp3) is 0.0357. The zero-order chi connectivity index (χ0) is 38.0. The standard InChI is InChI=1S/C14H11BrN4O3S.C7H5BrN4O.C6H6BrN3O.CH3ClN2.ClH/c1-8-2-4-10(5-3-8)23(20,21)22-13-12-11(18-14(16)19-13)6-9(15)7-17-12;8-3-1-4-5(10-2-3)6(13)12-7(9)11-4;7-3-1-4(8)5(6(9)11)10-2-3;2-1(3)4;/h2-7H,1H3,(H2,16,18,19);1-2H,(H3,9,11,12,13);1-2H,8H2,(H2,9,11);(H3,3,4);1H. The minimum absolute atomic E-state index is 0. The number of aryl methyl sites for hydroxylation is 1. The molecule has 274 valence electrons. The number of aromatic nitrogens is 7. The maximum atomic E-state index is 12.4. The van der Waals surface area contributed by atoms with Crippen LogP contribution in [0.4, 0.5) is 17.6 Å². The number of amidine groups is 1. The van der Waals surface area contributed by atoms with Gasteiger partial charge in [0.2, 0.25) is 11.9 Å². The van der Waals surface area contributed by atoms with Crippen molar-refractivity contribution in [2.75, 3.05) is 17.2 Å². The number of nitrogens with zero attached hydrogens (tertiary/aromatic N) is 6. The van der Waals surface area contributed by atoms with Crippen LogP contribution in [0.1, 0.15) is 16.1 Å². The van der Waals surface area contributed by atoms with Crippen LogP contribution in [-0.4, -0.2) is 54.5 Å². The highest BCUT2D eigenvalue weighted by atomic mass is 79.9. The topological polar surface area (TPSA) is 325 Å². The molecule has 6 aromatic rings. The molecule has 1 amide bonds. The van der Waals surface area contributed by atoms with Gasteiger partial charge in [-0.3, -0.25) is 20.0 Å². The monoisotopic (exact) mass is 963 g/mol. The third-order valence-electron chi connectivity index (χ3n) is 5.64. The largest absolute Gasteiger partial charge is 0.397 e. The molecule has 0 unspecified atom stereocenters. The van der Waals surface area contributed by atoms with E-state index in [2.05, 4.69) is 100 Å². The van der Waals surface area contributed by atoms with Gasteiger partial charge in [-0.25, -0.2) is 24.9 Å². The van der Waals surface area contributed by atoms with Gasteiger partial charge in [0, 0.05) is 32.0 Å². The first-order valence-corrected chi connectivity index (χ1v) is 17.6. The van der Waals surface area contributed by atoms with Crippen LogP contribution in [0, 0.1) is 12.3 Å². The van der Waals surface area contributed by atoms with Gasteiger partial charge in [0.1, 0.15) is 4.90 Å². The molecule has 0 aliphatic carbocycles. The zero-order valence-corrected chi connectivity index (χ0v) is 33.4. The molecule has 12 N–H and O–H groups in total. The quantitative estimate of drug-likeness (QED) is 0.0564. The van der Waals surface area contributed by atoms with Crippen LogP contribution in [0.25, 0.3) is 22.1 Å². The van der Waals surface area contributed by atoms with Crippen LogP contribution in [-0.2, 0) is 10.1 Å². The number of anilines is 3. The summed E-state index contributed by atoms with van der Waals surface area (Å²) >= 11 is 14.3. The Balaban J connectivity index is 0.000000274. The molecule has 52 heavy (non-hydrogen) atoms. The summed E-state index contributed by atoms with van der Waals surface area (Å²) in [6, 6.07) is 11.2. The van der Waals surface area contributed by atoms with E-state index in [1.807, 2.05) is 6.92 Å². The molecule has 0 spiro atoms. The second-order valence-corrected chi connectivity index (χ2v) is 14.2. The van der Waals surface area contributed by atoms with E-state index in [9.17, 15) is 18.0 Å². The molecule has 0 radical (unpaired) electrons. The number of nitrogen functional groups attached to an aromatic ring is 3. The summed E-state index contributed by atoms with van der Waals surface area (Å²) in [5.74, 6) is -0.834. The number of amides is 1. The predicted molar refractivity (Wildman–Crippen MR) is 211 cm³/mol. The summed E-state index contributed by atoms with van der Waals surface area (Å²) in [5.41, 5.74) is 28.2. The van der Waals surface area contributed by atoms with Gasteiger partial charge in [0.15, 0.2) is 22.0 Å². The van der Waals surface area contributed by atoms with Crippen molar-refractivity contribution in [2.24, 2.45) is 11.5 Å². The summed E-state index contributed by atoms with van der Waals surface area (Å²) < 4.78 is 32.0. The van der Waals surface area contributed by atoms with Crippen molar-refractivity contribution in [2.45, 2.75) is 11.8 Å². The van der Waals surface area contributed by atoms with Crippen molar-refractivity contribution in [3.05, 3.63) is 96.1 Å². The van der Waals surface area contributed by atoms with Crippen molar-refractivity contribution < 1.29 is 17.4 Å². The molecular weight excluding hydrogens is 941 g/mol. The molecule has 1 aromatic carbocycles. The Kier molecular flexibility index (Phi) is 16.0. The maximum absolute atomic E-state index is 12.4.